The average Bonchev–Trinajstić information content (AvgIpc) is 3.89. The van der Waals surface area contributed by atoms with Crippen LogP contribution in [0.4, 0.5) is 17.1 Å². The standard InChI is InChI=1S/C56H40N2S/c1-56(2)47-32-36(39-19-8-7-18-38(39)35-16-5-4-6-17-35)28-30-46(47)54-44-23-10-9-21-41(44)52(34-48(54)56)58(50-26-15-24-45-43-22-12-14-27-53(43)59-55(45)50)37-29-31-42-40-20-11-13-25-49(40)57(3)51(42)33-37/h4-34H,1-3H3. The molecule has 59 heavy (non-hydrogen) atoms. The van der Waals surface area contributed by atoms with Crippen LogP contribution in [0.3, 0.4) is 0 Å². The van der Waals surface area contributed by atoms with Gasteiger partial charge in [0.25, 0.3) is 0 Å². The lowest BCUT2D eigenvalue weighted by molar-refractivity contribution is 0.661. The normalized spacial score (nSPS) is 13.1. The highest BCUT2D eigenvalue weighted by molar-refractivity contribution is 7.26. The van der Waals surface area contributed by atoms with Gasteiger partial charge in [0.05, 0.1) is 21.6 Å². The summed E-state index contributed by atoms with van der Waals surface area (Å²) < 4.78 is 4.94. The Morgan fingerprint density at radius 3 is 1.93 bits per heavy atom. The zero-order valence-electron chi connectivity index (χ0n) is 33.2. The molecule has 9 aromatic carbocycles. The minimum absolute atomic E-state index is 0.254. The first-order valence-electron chi connectivity index (χ1n) is 20.5. The largest absolute Gasteiger partial charge is 0.344 e. The number of hydrogen-bond acceptors (Lipinski definition) is 2. The first-order valence-corrected chi connectivity index (χ1v) is 21.3. The molecule has 0 atom stereocenters. The Morgan fingerprint density at radius 2 is 1.10 bits per heavy atom. The number of thiophene rings is 1. The van der Waals surface area contributed by atoms with Crippen molar-refractivity contribution in [2.75, 3.05) is 4.90 Å². The molecule has 3 heteroatoms. The van der Waals surface area contributed by atoms with E-state index in [9.17, 15) is 0 Å². The Bertz CT molecular complexity index is 3490. The van der Waals surface area contributed by atoms with Crippen molar-refractivity contribution in [1.29, 1.82) is 0 Å². The van der Waals surface area contributed by atoms with Gasteiger partial charge in [0.15, 0.2) is 0 Å². The van der Waals surface area contributed by atoms with Crippen molar-refractivity contribution in [3.63, 3.8) is 0 Å². The third-order valence-electron chi connectivity index (χ3n) is 13.0. The second-order valence-electron chi connectivity index (χ2n) is 16.5. The molecule has 2 nitrogen and oxygen atoms in total. The van der Waals surface area contributed by atoms with Crippen LogP contribution in [0.15, 0.2) is 188 Å². The Hall–Kier alpha value is -6.94. The summed E-state index contributed by atoms with van der Waals surface area (Å²) in [6.07, 6.45) is 0. The summed E-state index contributed by atoms with van der Waals surface area (Å²) in [5, 5.41) is 7.67. The first kappa shape index (κ1) is 34.1. The smallest absolute Gasteiger partial charge is 0.0640 e. The van der Waals surface area contributed by atoms with Gasteiger partial charge in [0.2, 0.25) is 0 Å². The maximum Gasteiger partial charge on any atom is 0.0640 e. The van der Waals surface area contributed by atoms with Crippen LogP contribution in [0, 0.1) is 0 Å². The molecule has 0 spiro atoms. The highest BCUT2D eigenvalue weighted by atomic mass is 32.1. The molecule has 2 aromatic heterocycles. The Balaban J connectivity index is 1.11. The van der Waals surface area contributed by atoms with E-state index >= 15 is 0 Å². The zero-order valence-corrected chi connectivity index (χ0v) is 34.0. The molecule has 2 heterocycles. The molecule has 0 saturated heterocycles. The monoisotopic (exact) mass is 772 g/mol. The van der Waals surface area contributed by atoms with E-state index in [0.717, 1.165) is 5.69 Å². The number of hydrogen-bond donors (Lipinski definition) is 0. The van der Waals surface area contributed by atoms with E-state index in [-0.39, 0.29) is 5.41 Å². The molecular weight excluding hydrogens is 733 g/mol. The molecule has 1 aliphatic rings. The number of benzene rings is 9. The van der Waals surface area contributed by atoms with Gasteiger partial charge in [-0.15, -0.1) is 11.3 Å². The summed E-state index contributed by atoms with van der Waals surface area (Å²) in [5.74, 6) is 0. The third kappa shape index (κ3) is 4.98. The number of aromatic nitrogens is 1. The van der Waals surface area contributed by atoms with Crippen molar-refractivity contribution < 1.29 is 0 Å². The second kappa shape index (κ2) is 12.8. The van der Waals surface area contributed by atoms with Crippen LogP contribution in [-0.4, -0.2) is 4.57 Å². The van der Waals surface area contributed by atoms with E-state index < -0.39 is 0 Å². The van der Waals surface area contributed by atoms with Gasteiger partial charge in [-0.2, -0.15) is 0 Å². The SMILES string of the molecule is Cn1c2ccccc2c2ccc(N(c3cc4c(c5ccccc35)-c3ccc(-c5ccccc5-c5ccccc5)cc3C4(C)C)c3cccc4c3sc3ccccc34)cc21. The predicted molar refractivity (Wildman–Crippen MR) is 254 cm³/mol. The maximum atomic E-state index is 2.55. The predicted octanol–water partition coefficient (Wildman–Crippen LogP) is 16.0. The summed E-state index contributed by atoms with van der Waals surface area (Å²) in [6.45, 7) is 4.84. The quantitative estimate of drug-likeness (QED) is 0.169. The molecule has 12 rings (SSSR count). The number of anilines is 3. The van der Waals surface area contributed by atoms with Crippen molar-refractivity contribution >= 4 is 81.1 Å². The van der Waals surface area contributed by atoms with Crippen LogP contribution in [0.1, 0.15) is 25.0 Å². The van der Waals surface area contributed by atoms with Gasteiger partial charge in [-0.1, -0.05) is 159 Å². The van der Waals surface area contributed by atoms with Crippen molar-refractivity contribution in [2.24, 2.45) is 7.05 Å². The molecule has 280 valence electrons. The van der Waals surface area contributed by atoms with Crippen LogP contribution in [0.2, 0.25) is 0 Å². The van der Waals surface area contributed by atoms with Crippen LogP contribution in [0.25, 0.3) is 86.1 Å². The Morgan fingerprint density at radius 1 is 0.441 bits per heavy atom. The summed E-state index contributed by atoms with van der Waals surface area (Å²) in [6, 6.07) is 69.9. The lowest BCUT2D eigenvalue weighted by Crippen LogP contribution is -2.17. The van der Waals surface area contributed by atoms with Crippen molar-refractivity contribution in [3.05, 3.63) is 199 Å². The van der Waals surface area contributed by atoms with Gasteiger partial charge in [0, 0.05) is 55.3 Å². The van der Waals surface area contributed by atoms with Crippen LogP contribution in [0.5, 0.6) is 0 Å². The molecular formula is C56H40N2S. The van der Waals surface area contributed by atoms with E-state index in [1.807, 2.05) is 11.3 Å². The molecule has 0 N–H and O–H groups in total. The average molecular weight is 773 g/mol. The summed E-state index contributed by atoms with van der Waals surface area (Å²) in [5.41, 5.74) is 16.1. The Labute approximate surface area is 347 Å². The van der Waals surface area contributed by atoms with Crippen LogP contribution < -0.4 is 4.90 Å². The van der Waals surface area contributed by atoms with Gasteiger partial charge in [0.1, 0.15) is 0 Å². The second-order valence-corrected chi connectivity index (χ2v) is 17.6. The molecule has 0 bridgehead atoms. The number of nitrogens with zero attached hydrogens (tertiary/aromatic N) is 2. The molecule has 0 amide bonds. The fourth-order valence-corrected chi connectivity index (χ4v) is 11.3. The Kier molecular flexibility index (Phi) is 7.39. The van der Waals surface area contributed by atoms with E-state index in [1.165, 1.54) is 109 Å². The minimum Gasteiger partial charge on any atom is -0.344 e. The molecule has 0 fully saturated rings. The molecule has 0 unspecified atom stereocenters. The van der Waals surface area contributed by atoms with E-state index in [2.05, 4.69) is 218 Å². The lowest BCUT2D eigenvalue weighted by Gasteiger charge is -2.30. The van der Waals surface area contributed by atoms with E-state index in [1.54, 1.807) is 0 Å². The number of rotatable bonds is 5. The molecule has 0 radical (unpaired) electrons. The molecule has 11 aromatic rings. The van der Waals surface area contributed by atoms with E-state index in [0.29, 0.717) is 0 Å². The fraction of sp³-hybridized carbons (Fsp3) is 0.0714. The molecule has 1 aliphatic carbocycles. The maximum absolute atomic E-state index is 2.55. The minimum atomic E-state index is -0.254. The highest BCUT2D eigenvalue weighted by Gasteiger charge is 2.38. The van der Waals surface area contributed by atoms with E-state index in [4.69, 9.17) is 0 Å². The van der Waals surface area contributed by atoms with Crippen LogP contribution in [-0.2, 0) is 12.5 Å². The number of para-hydroxylation sites is 1. The molecule has 0 aliphatic heterocycles. The summed E-state index contributed by atoms with van der Waals surface area (Å²) >= 11 is 1.89. The fourth-order valence-electron chi connectivity index (χ4n) is 10.1. The van der Waals surface area contributed by atoms with Gasteiger partial charge in [-0.3, -0.25) is 0 Å². The van der Waals surface area contributed by atoms with Crippen molar-refractivity contribution in [3.8, 4) is 33.4 Å². The van der Waals surface area contributed by atoms with Gasteiger partial charge >= 0.3 is 0 Å². The van der Waals surface area contributed by atoms with Crippen molar-refractivity contribution in [2.45, 2.75) is 19.3 Å². The summed E-state index contributed by atoms with van der Waals surface area (Å²) in [7, 11) is 2.20. The number of fused-ring (bicyclic) bond motifs is 11. The van der Waals surface area contributed by atoms with Crippen LogP contribution >= 0.6 is 11.3 Å². The summed E-state index contributed by atoms with van der Waals surface area (Å²) in [4.78, 5) is 2.55. The topological polar surface area (TPSA) is 8.17 Å². The number of aryl methyl sites for hydroxylation is 1. The third-order valence-corrected chi connectivity index (χ3v) is 14.2. The molecule has 0 saturated carbocycles. The first-order chi connectivity index (χ1) is 29.0. The van der Waals surface area contributed by atoms with Gasteiger partial charge < -0.3 is 9.47 Å². The van der Waals surface area contributed by atoms with Gasteiger partial charge in [-0.05, 0) is 92.4 Å². The lowest BCUT2D eigenvalue weighted by atomic mass is 9.80. The van der Waals surface area contributed by atoms with Crippen molar-refractivity contribution in [1.82, 2.24) is 4.57 Å². The highest BCUT2D eigenvalue weighted by Crippen LogP contribution is 2.56. The zero-order chi connectivity index (χ0) is 39.4. The van der Waals surface area contributed by atoms with Gasteiger partial charge in [-0.25, -0.2) is 0 Å².